The minimum atomic E-state index is -4.09. The fraction of sp³-hybridized carbons (Fsp3) is 0.118. The summed E-state index contributed by atoms with van der Waals surface area (Å²) in [5, 5.41) is 0.373. The number of benzene rings is 2. The van der Waals surface area contributed by atoms with Crippen LogP contribution < -0.4 is 0 Å². The molecule has 0 fully saturated rings. The quantitative estimate of drug-likeness (QED) is 0.720. The van der Waals surface area contributed by atoms with Gasteiger partial charge in [-0.05, 0) is 43.3 Å². The Bertz CT molecular complexity index is 1030. The molecule has 132 valence electrons. The maximum absolute atomic E-state index is 12.7. The first-order valence-electron chi connectivity index (χ1n) is 7.13. The maximum Gasteiger partial charge on any atom is 0.211 e. The fourth-order valence-electron chi connectivity index (χ4n) is 1.97. The molecule has 25 heavy (non-hydrogen) atoms. The molecule has 0 saturated heterocycles. The van der Waals surface area contributed by atoms with Crippen LogP contribution in [-0.4, -0.2) is 24.7 Å². The minimum absolute atomic E-state index is 0.0872. The van der Waals surface area contributed by atoms with E-state index in [0.29, 0.717) is 9.92 Å². The monoisotopic (exact) mass is 397 g/mol. The van der Waals surface area contributed by atoms with Crippen molar-refractivity contribution in [3.8, 4) is 0 Å². The van der Waals surface area contributed by atoms with Gasteiger partial charge in [-0.25, -0.2) is 17.0 Å². The third-order valence-corrected chi connectivity index (χ3v) is 7.08. The maximum atomic E-state index is 12.7. The standard InChI is InChI=1S/C17H16ClNO4S2/c1-13(20)17(25(22,23)16-10-8-14(18)9-11-16)12-19-24(2,21)15-6-4-3-5-7-15/h3-12H,1-2H3/b17-12-. The van der Waals surface area contributed by atoms with E-state index in [1.807, 2.05) is 0 Å². The lowest BCUT2D eigenvalue weighted by molar-refractivity contribution is -0.113. The van der Waals surface area contributed by atoms with Crippen molar-refractivity contribution in [3.63, 3.8) is 0 Å². The number of hydrogen-bond acceptors (Lipinski definition) is 5. The summed E-state index contributed by atoms with van der Waals surface area (Å²) in [6.45, 7) is 1.12. The molecule has 0 N–H and O–H groups in total. The number of sulfone groups is 1. The van der Waals surface area contributed by atoms with Crippen molar-refractivity contribution < 1.29 is 17.4 Å². The van der Waals surface area contributed by atoms with Gasteiger partial charge in [0.15, 0.2) is 5.78 Å². The fourth-order valence-corrected chi connectivity index (χ4v) is 4.57. The first kappa shape index (κ1) is 19.4. The van der Waals surface area contributed by atoms with Crippen LogP contribution in [0.1, 0.15) is 6.92 Å². The van der Waals surface area contributed by atoms with Gasteiger partial charge < -0.3 is 0 Å². The van der Waals surface area contributed by atoms with Gasteiger partial charge in [0, 0.05) is 16.2 Å². The molecule has 2 aromatic carbocycles. The molecule has 0 aliphatic rings. The lowest BCUT2D eigenvalue weighted by Crippen LogP contribution is -2.11. The van der Waals surface area contributed by atoms with Gasteiger partial charge in [-0.15, -0.1) is 0 Å². The van der Waals surface area contributed by atoms with Crippen LogP contribution >= 0.6 is 11.6 Å². The average Bonchev–Trinajstić information content (AvgIpc) is 2.55. The van der Waals surface area contributed by atoms with Crippen LogP contribution in [0, 0.1) is 0 Å². The van der Waals surface area contributed by atoms with Gasteiger partial charge in [-0.3, -0.25) is 4.79 Å². The third-order valence-electron chi connectivity index (χ3n) is 3.31. The Labute approximate surface area is 152 Å². The highest BCUT2D eigenvalue weighted by Gasteiger charge is 2.24. The molecular weight excluding hydrogens is 382 g/mol. The summed E-state index contributed by atoms with van der Waals surface area (Å²) >= 11 is 5.76. The number of ketones is 1. The molecule has 2 rings (SSSR count). The zero-order valence-electron chi connectivity index (χ0n) is 13.5. The van der Waals surface area contributed by atoms with Gasteiger partial charge in [0.25, 0.3) is 0 Å². The van der Waals surface area contributed by atoms with Crippen LogP contribution in [0.2, 0.25) is 5.02 Å². The second-order valence-electron chi connectivity index (χ2n) is 5.23. The number of hydrogen-bond donors (Lipinski definition) is 0. The molecule has 1 unspecified atom stereocenters. The number of carbonyl (C=O) groups is 1. The Morgan fingerprint density at radius 1 is 0.960 bits per heavy atom. The second kappa shape index (κ2) is 7.51. The second-order valence-corrected chi connectivity index (χ2v) is 9.87. The number of nitrogens with zero attached hydrogens (tertiary/aromatic N) is 1. The summed E-state index contributed by atoms with van der Waals surface area (Å²) in [6.07, 6.45) is 2.26. The number of allylic oxidation sites excluding steroid dienone is 1. The summed E-state index contributed by atoms with van der Waals surface area (Å²) in [5.74, 6) is -0.693. The van der Waals surface area contributed by atoms with E-state index in [2.05, 4.69) is 4.36 Å². The van der Waals surface area contributed by atoms with E-state index in [-0.39, 0.29) is 4.90 Å². The van der Waals surface area contributed by atoms with Gasteiger partial charge in [0.1, 0.15) is 4.91 Å². The molecule has 0 aromatic heterocycles. The highest BCUT2D eigenvalue weighted by atomic mass is 35.5. The van der Waals surface area contributed by atoms with Crippen molar-refractivity contribution in [2.75, 3.05) is 6.26 Å². The van der Waals surface area contributed by atoms with Crippen molar-refractivity contribution >= 4 is 37.0 Å². The van der Waals surface area contributed by atoms with Crippen LogP contribution in [0.4, 0.5) is 0 Å². The normalized spacial score (nSPS) is 14.6. The van der Waals surface area contributed by atoms with Gasteiger partial charge in [0.2, 0.25) is 9.84 Å². The predicted octanol–water partition coefficient (Wildman–Crippen LogP) is 3.70. The number of rotatable bonds is 5. The summed E-state index contributed by atoms with van der Waals surface area (Å²) < 4.78 is 41.9. The van der Waals surface area contributed by atoms with E-state index in [9.17, 15) is 17.4 Å². The zero-order valence-corrected chi connectivity index (χ0v) is 15.9. The summed E-state index contributed by atoms with van der Waals surface area (Å²) in [7, 11) is -6.97. The van der Waals surface area contributed by atoms with Crippen LogP contribution in [0.5, 0.6) is 0 Å². The smallest absolute Gasteiger partial charge is 0.211 e. The summed E-state index contributed by atoms with van der Waals surface area (Å²) in [4.78, 5) is 11.7. The average molecular weight is 398 g/mol. The highest BCUT2D eigenvalue weighted by molar-refractivity contribution is 7.96. The van der Waals surface area contributed by atoms with Gasteiger partial charge in [0.05, 0.1) is 20.8 Å². The Morgan fingerprint density at radius 2 is 1.52 bits per heavy atom. The largest absolute Gasteiger partial charge is 0.294 e. The topological polar surface area (TPSA) is 80.6 Å². The minimum Gasteiger partial charge on any atom is -0.294 e. The lowest BCUT2D eigenvalue weighted by atomic mass is 10.4. The molecule has 1 atom stereocenters. The molecular formula is C17H16ClNO4S2. The van der Waals surface area contributed by atoms with E-state index in [0.717, 1.165) is 13.1 Å². The Hall–Kier alpha value is -1.96. The van der Waals surface area contributed by atoms with Crippen molar-refractivity contribution in [1.29, 1.82) is 0 Å². The van der Waals surface area contributed by atoms with E-state index in [1.54, 1.807) is 30.3 Å². The molecule has 0 saturated carbocycles. The molecule has 0 heterocycles. The number of halogens is 1. The Morgan fingerprint density at radius 3 is 2.04 bits per heavy atom. The molecule has 0 aliphatic heterocycles. The molecule has 0 bridgehead atoms. The van der Waals surface area contributed by atoms with E-state index in [1.165, 1.54) is 30.5 Å². The SMILES string of the molecule is CC(=O)/C(=C/N=S(C)(=O)c1ccccc1)S(=O)(=O)c1ccc(Cl)cc1. The van der Waals surface area contributed by atoms with Gasteiger partial charge >= 0.3 is 0 Å². The highest BCUT2D eigenvalue weighted by Crippen LogP contribution is 2.23. The molecule has 8 heteroatoms. The van der Waals surface area contributed by atoms with Crippen molar-refractivity contribution in [1.82, 2.24) is 0 Å². The summed E-state index contributed by atoms with van der Waals surface area (Å²) in [5.41, 5.74) is 0. The van der Waals surface area contributed by atoms with Crippen LogP contribution in [-0.2, 0) is 24.4 Å². The van der Waals surface area contributed by atoms with Crippen molar-refractivity contribution in [3.05, 3.63) is 70.7 Å². The van der Waals surface area contributed by atoms with E-state index >= 15 is 0 Å². The molecule has 0 spiro atoms. The predicted molar refractivity (Wildman–Crippen MR) is 98.6 cm³/mol. The third kappa shape index (κ3) is 4.56. The first-order chi connectivity index (χ1) is 11.6. The van der Waals surface area contributed by atoms with Crippen LogP contribution in [0.3, 0.4) is 0 Å². The van der Waals surface area contributed by atoms with Gasteiger partial charge in [-0.1, -0.05) is 29.8 Å². The van der Waals surface area contributed by atoms with Crippen LogP contribution in [0.15, 0.2) is 79.9 Å². The molecule has 5 nitrogen and oxygen atoms in total. The van der Waals surface area contributed by atoms with E-state index in [4.69, 9.17) is 11.6 Å². The molecule has 0 aliphatic carbocycles. The molecule has 2 aromatic rings. The first-order valence-corrected chi connectivity index (χ1v) is 10.9. The Balaban J connectivity index is 2.57. The van der Waals surface area contributed by atoms with Crippen molar-refractivity contribution in [2.45, 2.75) is 16.7 Å². The number of carbonyl (C=O) groups excluding carboxylic acids is 1. The van der Waals surface area contributed by atoms with Crippen molar-refractivity contribution in [2.24, 2.45) is 4.36 Å². The lowest BCUT2D eigenvalue weighted by Gasteiger charge is -2.07. The summed E-state index contributed by atoms with van der Waals surface area (Å²) in [6, 6.07) is 13.8. The number of Topliss-reactive ketones (excluding diaryl/α,β-unsaturated/α-hetero) is 1. The van der Waals surface area contributed by atoms with Gasteiger partial charge in [-0.2, -0.15) is 0 Å². The zero-order chi connectivity index (χ0) is 18.7. The molecule has 0 amide bonds. The Kier molecular flexibility index (Phi) is 5.82. The van der Waals surface area contributed by atoms with Crippen LogP contribution in [0.25, 0.3) is 0 Å². The van der Waals surface area contributed by atoms with E-state index < -0.39 is 30.3 Å². The molecule has 0 radical (unpaired) electrons.